The van der Waals surface area contributed by atoms with Gasteiger partial charge in [0.2, 0.25) is 5.88 Å². The molecule has 0 unspecified atom stereocenters. The van der Waals surface area contributed by atoms with Gasteiger partial charge in [0, 0.05) is 13.1 Å². The third-order valence-corrected chi connectivity index (χ3v) is 3.83. The SMILES string of the molecule is CCCOc1nc(N2CCC(CC)CC2)ccc1N. The first-order valence-corrected chi connectivity index (χ1v) is 7.38. The summed E-state index contributed by atoms with van der Waals surface area (Å²) in [6, 6.07) is 3.90. The second-order valence-corrected chi connectivity index (χ2v) is 5.25. The Morgan fingerprint density at radius 2 is 2.05 bits per heavy atom. The highest BCUT2D eigenvalue weighted by Gasteiger charge is 2.19. The Hall–Kier alpha value is -1.45. The predicted molar refractivity (Wildman–Crippen MR) is 79.7 cm³/mol. The van der Waals surface area contributed by atoms with E-state index in [1.54, 1.807) is 0 Å². The van der Waals surface area contributed by atoms with Crippen LogP contribution in [0.25, 0.3) is 0 Å². The number of piperidine rings is 1. The molecule has 106 valence electrons. The topological polar surface area (TPSA) is 51.4 Å². The first kappa shape index (κ1) is 14.0. The molecule has 0 aromatic carbocycles. The van der Waals surface area contributed by atoms with E-state index >= 15 is 0 Å². The molecule has 4 heteroatoms. The van der Waals surface area contributed by atoms with Crippen molar-refractivity contribution < 1.29 is 4.74 Å². The van der Waals surface area contributed by atoms with E-state index in [0.29, 0.717) is 18.2 Å². The van der Waals surface area contributed by atoms with Crippen molar-refractivity contribution in [1.82, 2.24) is 4.98 Å². The van der Waals surface area contributed by atoms with E-state index in [4.69, 9.17) is 10.5 Å². The van der Waals surface area contributed by atoms with E-state index in [1.807, 2.05) is 12.1 Å². The molecule has 1 aliphatic rings. The van der Waals surface area contributed by atoms with Gasteiger partial charge in [-0.3, -0.25) is 0 Å². The summed E-state index contributed by atoms with van der Waals surface area (Å²) in [4.78, 5) is 6.90. The molecule has 1 aromatic heterocycles. The molecule has 1 aliphatic heterocycles. The van der Waals surface area contributed by atoms with Gasteiger partial charge in [0.05, 0.1) is 12.3 Å². The quantitative estimate of drug-likeness (QED) is 0.887. The number of pyridine rings is 1. The van der Waals surface area contributed by atoms with E-state index in [2.05, 4.69) is 23.7 Å². The van der Waals surface area contributed by atoms with Crippen LogP contribution in [0.15, 0.2) is 12.1 Å². The largest absolute Gasteiger partial charge is 0.476 e. The number of hydrogen-bond acceptors (Lipinski definition) is 4. The molecule has 2 rings (SSSR count). The van der Waals surface area contributed by atoms with Crippen molar-refractivity contribution in [2.24, 2.45) is 5.92 Å². The summed E-state index contributed by atoms with van der Waals surface area (Å²) in [6.45, 7) is 7.19. The number of hydrogen-bond donors (Lipinski definition) is 1. The predicted octanol–water partition coefficient (Wildman–Crippen LogP) is 3.08. The third kappa shape index (κ3) is 3.52. The van der Waals surface area contributed by atoms with Crippen LogP contribution in [0.5, 0.6) is 5.88 Å². The van der Waals surface area contributed by atoms with Gasteiger partial charge in [-0.15, -0.1) is 0 Å². The van der Waals surface area contributed by atoms with E-state index in [-0.39, 0.29) is 0 Å². The Morgan fingerprint density at radius 3 is 2.68 bits per heavy atom. The van der Waals surface area contributed by atoms with E-state index in [9.17, 15) is 0 Å². The number of nitrogens with two attached hydrogens (primary N) is 1. The van der Waals surface area contributed by atoms with E-state index in [1.165, 1.54) is 19.3 Å². The minimum Gasteiger partial charge on any atom is -0.476 e. The lowest BCUT2D eigenvalue weighted by atomic mass is 9.94. The first-order valence-electron chi connectivity index (χ1n) is 7.38. The third-order valence-electron chi connectivity index (χ3n) is 3.83. The number of rotatable bonds is 5. The molecule has 0 aliphatic carbocycles. The molecule has 0 radical (unpaired) electrons. The van der Waals surface area contributed by atoms with Gasteiger partial charge in [-0.05, 0) is 37.3 Å². The maximum absolute atomic E-state index is 5.90. The van der Waals surface area contributed by atoms with Crippen molar-refractivity contribution in [3.05, 3.63) is 12.1 Å². The monoisotopic (exact) mass is 263 g/mol. The number of anilines is 2. The van der Waals surface area contributed by atoms with Gasteiger partial charge >= 0.3 is 0 Å². The lowest BCUT2D eigenvalue weighted by molar-refractivity contribution is 0.306. The molecule has 0 amide bonds. The van der Waals surface area contributed by atoms with Crippen LogP contribution in [0.2, 0.25) is 0 Å². The minimum absolute atomic E-state index is 0.581. The van der Waals surface area contributed by atoms with Crippen LogP contribution in [-0.2, 0) is 0 Å². The molecule has 19 heavy (non-hydrogen) atoms. The summed E-state index contributed by atoms with van der Waals surface area (Å²) in [5.41, 5.74) is 6.52. The van der Waals surface area contributed by atoms with E-state index < -0.39 is 0 Å². The summed E-state index contributed by atoms with van der Waals surface area (Å²) in [5, 5.41) is 0. The van der Waals surface area contributed by atoms with Gasteiger partial charge in [-0.1, -0.05) is 20.3 Å². The van der Waals surface area contributed by atoms with Gasteiger partial charge < -0.3 is 15.4 Å². The van der Waals surface area contributed by atoms with Crippen LogP contribution >= 0.6 is 0 Å². The first-order chi connectivity index (χ1) is 9.24. The number of nitrogen functional groups attached to an aromatic ring is 1. The Kier molecular flexibility index (Phi) is 4.88. The van der Waals surface area contributed by atoms with Gasteiger partial charge in [0.15, 0.2) is 0 Å². The van der Waals surface area contributed by atoms with Crippen molar-refractivity contribution in [2.75, 3.05) is 30.3 Å². The van der Waals surface area contributed by atoms with E-state index in [0.717, 1.165) is 31.2 Å². The van der Waals surface area contributed by atoms with Crippen molar-refractivity contribution >= 4 is 11.5 Å². The molecule has 0 atom stereocenters. The summed E-state index contributed by atoms with van der Waals surface area (Å²) >= 11 is 0. The molecule has 1 saturated heterocycles. The summed E-state index contributed by atoms with van der Waals surface area (Å²) < 4.78 is 5.60. The lowest BCUT2D eigenvalue weighted by Crippen LogP contribution is -2.34. The summed E-state index contributed by atoms with van der Waals surface area (Å²) in [6.07, 6.45) is 4.77. The standard InChI is InChI=1S/C15H25N3O/c1-3-11-19-15-13(16)5-6-14(17-15)18-9-7-12(4-2)8-10-18/h5-6,12H,3-4,7-11,16H2,1-2H3. The molecule has 0 spiro atoms. The van der Waals surface area contributed by atoms with Crippen LogP contribution < -0.4 is 15.4 Å². The van der Waals surface area contributed by atoms with Gasteiger partial charge in [-0.25, -0.2) is 0 Å². The molecule has 2 N–H and O–H groups in total. The van der Waals surface area contributed by atoms with Crippen molar-refractivity contribution in [1.29, 1.82) is 0 Å². The fourth-order valence-corrected chi connectivity index (χ4v) is 2.50. The summed E-state index contributed by atoms with van der Waals surface area (Å²) in [5.74, 6) is 2.45. The number of aromatic nitrogens is 1. The zero-order chi connectivity index (χ0) is 13.7. The zero-order valence-corrected chi connectivity index (χ0v) is 12.1. The zero-order valence-electron chi connectivity index (χ0n) is 12.1. The Labute approximate surface area is 116 Å². The van der Waals surface area contributed by atoms with Gasteiger partial charge in [0.1, 0.15) is 5.82 Å². The van der Waals surface area contributed by atoms with Crippen LogP contribution in [0.1, 0.15) is 39.5 Å². The summed E-state index contributed by atoms with van der Waals surface area (Å²) in [7, 11) is 0. The van der Waals surface area contributed by atoms with Crippen molar-refractivity contribution in [3.8, 4) is 5.88 Å². The van der Waals surface area contributed by atoms with Crippen LogP contribution in [0.3, 0.4) is 0 Å². The minimum atomic E-state index is 0.581. The van der Waals surface area contributed by atoms with Crippen LogP contribution in [0.4, 0.5) is 11.5 Å². The van der Waals surface area contributed by atoms with Crippen LogP contribution in [-0.4, -0.2) is 24.7 Å². The average Bonchev–Trinajstić information content (AvgIpc) is 2.46. The van der Waals surface area contributed by atoms with Crippen molar-refractivity contribution in [3.63, 3.8) is 0 Å². The maximum atomic E-state index is 5.90. The molecular weight excluding hydrogens is 238 g/mol. The van der Waals surface area contributed by atoms with Crippen LogP contribution in [0, 0.1) is 5.92 Å². The Bertz CT molecular complexity index is 400. The molecule has 0 bridgehead atoms. The molecule has 2 heterocycles. The Morgan fingerprint density at radius 1 is 1.32 bits per heavy atom. The number of ether oxygens (including phenoxy) is 1. The average molecular weight is 263 g/mol. The normalized spacial score (nSPS) is 16.6. The number of nitrogens with zero attached hydrogens (tertiary/aromatic N) is 2. The highest BCUT2D eigenvalue weighted by Crippen LogP contribution is 2.27. The maximum Gasteiger partial charge on any atom is 0.239 e. The molecule has 1 fully saturated rings. The van der Waals surface area contributed by atoms with Gasteiger partial charge in [0.25, 0.3) is 0 Å². The second-order valence-electron chi connectivity index (χ2n) is 5.25. The molecular formula is C15H25N3O. The smallest absolute Gasteiger partial charge is 0.239 e. The lowest BCUT2D eigenvalue weighted by Gasteiger charge is -2.32. The van der Waals surface area contributed by atoms with Crippen molar-refractivity contribution in [2.45, 2.75) is 39.5 Å². The second kappa shape index (κ2) is 6.64. The fraction of sp³-hybridized carbons (Fsp3) is 0.667. The Balaban J connectivity index is 2.04. The highest BCUT2D eigenvalue weighted by atomic mass is 16.5. The highest BCUT2D eigenvalue weighted by molar-refractivity contribution is 5.54. The molecule has 0 saturated carbocycles. The molecule has 1 aromatic rings. The fourth-order valence-electron chi connectivity index (χ4n) is 2.50. The molecule has 4 nitrogen and oxygen atoms in total. The van der Waals surface area contributed by atoms with Gasteiger partial charge in [-0.2, -0.15) is 4.98 Å².